The Labute approximate surface area is 143 Å². The van der Waals surface area contributed by atoms with Gasteiger partial charge in [0.2, 0.25) is 0 Å². The molecular weight excluding hydrogens is 308 g/mol. The number of hydrogen-bond acceptors (Lipinski definition) is 5. The maximum absolute atomic E-state index is 11.3. The summed E-state index contributed by atoms with van der Waals surface area (Å²) in [6, 6.07) is 10.1. The van der Waals surface area contributed by atoms with Crippen LogP contribution < -0.4 is 0 Å². The second-order valence-electron chi connectivity index (χ2n) is 6.91. The van der Waals surface area contributed by atoms with E-state index in [1.807, 2.05) is 32.0 Å². The first-order chi connectivity index (χ1) is 11.6. The molecule has 2 aliphatic heterocycles. The molecule has 2 fully saturated rings. The lowest BCUT2D eigenvalue weighted by Crippen LogP contribution is -2.47. The molecule has 2 aliphatic rings. The molecule has 3 rings (SSSR count). The number of rotatable bonds is 7. The highest BCUT2D eigenvalue weighted by Crippen LogP contribution is 2.37. The third-order valence-corrected chi connectivity index (χ3v) is 4.45. The number of aldehydes is 1. The summed E-state index contributed by atoms with van der Waals surface area (Å²) in [6.45, 7) is 5.05. The van der Waals surface area contributed by atoms with E-state index in [4.69, 9.17) is 18.9 Å². The molecule has 0 radical (unpaired) electrons. The van der Waals surface area contributed by atoms with Crippen molar-refractivity contribution in [1.29, 1.82) is 0 Å². The standard InChI is InChI=1S/C19H26O5/c1-19(2)23-16-11-15(22-17(12-20)18(16)24-19)9-6-10-21-13-14-7-4-3-5-8-14/h3-5,7-8,12,15-18H,6,9-11,13H2,1-2H3/t15-,16+,17-,18+/m1/s1. The Morgan fingerprint density at radius 2 is 2.04 bits per heavy atom. The van der Waals surface area contributed by atoms with Gasteiger partial charge in [0.1, 0.15) is 12.2 Å². The minimum absolute atomic E-state index is 0.0132. The lowest BCUT2D eigenvalue weighted by atomic mass is 9.96. The summed E-state index contributed by atoms with van der Waals surface area (Å²) in [7, 11) is 0. The van der Waals surface area contributed by atoms with Crippen molar-refractivity contribution in [3.8, 4) is 0 Å². The van der Waals surface area contributed by atoms with E-state index < -0.39 is 11.9 Å². The summed E-state index contributed by atoms with van der Waals surface area (Å²) in [5.41, 5.74) is 1.18. The number of ether oxygens (including phenoxy) is 4. The van der Waals surface area contributed by atoms with E-state index in [-0.39, 0.29) is 18.3 Å². The number of benzene rings is 1. The fraction of sp³-hybridized carbons (Fsp3) is 0.632. The summed E-state index contributed by atoms with van der Waals surface area (Å²) in [4.78, 5) is 11.3. The van der Waals surface area contributed by atoms with Crippen molar-refractivity contribution in [2.24, 2.45) is 0 Å². The Morgan fingerprint density at radius 3 is 2.79 bits per heavy atom. The molecule has 1 aromatic rings. The molecule has 0 bridgehead atoms. The third-order valence-electron chi connectivity index (χ3n) is 4.45. The molecule has 4 atom stereocenters. The van der Waals surface area contributed by atoms with Crippen LogP contribution in [0.5, 0.6) is 0 Å². The van der Waals surface area contributed by atoms with Crippen LogP contribution in [-0.4, -0.2) is 43.1 Å². The zero-order valence-electron chi connectivity index (χ0n) is 14.4. The lowest BCUT2D eigenvalue weighted by Gasteiger charge is -2.34. The van der Waals surface area contributed by atoms with E-state index in [0.717, 1.165) is 25.5 Å². The Bertz CT molecular complexity index is 530. The third kappa shape index (κ3) is 4.42. The van der Waals surface area contributed by atoms with Gasteiger partial charge in [-0.15, -0.1) is 0 Å². The molecule has 0 unspecified atom stereocenters. The van der Waals surface area contributed by atoms with Crippen LogP contribution in [0.15, 0.2) is 30.3 Å². The largest absolute Gasteiger partial charge is 0.377 e. The highest BCUT2D eigenvalue weighted by Gasteiger charge is 2.49. The number of carbonyl (C=O) groups is 1. The van der Waals surface area contributed by atoms with Gasteiger partial charge in [-0.1, -0.05) is 30.3 Å². The minimum atomic E-state index is -0.645. The van der Waals surface area contributed by atoms with Crippen LogP contribution in [0, 0.1) is 0 Å². The molecule has 0 amide bonds. The van der Waals surface area contributed by atoms with Crippen molar-refractivity contribution in [3.63, 3.8) is 0 Å². The smallest absolute Gasteiger partial charge is 0.163 e. The van der Waals surface area contributed by atoms with Gasteiger partial charge in [-0.3, -0.25) is 0 Å². The second kappa shape index (κ2) is 7.74. The molecule has 132 valence electrons. The maximum Gasteiger partial charge on any atom is 0.163 e. The van der Waals surface area contributed by atoms with Crippen LogP contribution >= 0.6 is 0 Å². The number of hydrogen-bond donors (Lipinski definition) is 0. The van der Waals surface area contributed by atoms with Crippen molar-refractivity contribution in [2.75, 3.05) is 6.61 Å². The first-order valence-electron chi connectivity index (χ1n) is 8.65. The first-order valence-corrected chi connectivity index (χ1v) is 8.65. The predicted octanol–water partition coefficient (Wildman–Crippen LogP) is 2.86. The highest BCUT2D eigenvalue weighted by molar-refractivity contribution is 5.57. The molecule has 0 N–H and O–H groups in total. The van der Waals surface area contributed by atoms with Crippen LogP contribution in [0.4, 0.5) is 0 Å². The number of fused-ring (bicyclic) bond motifs is 1. The predicted molar refractivity (Wildman–Crippen MR) is 88.5 cm³/mol. The Hall–Kier alpha value is -1.27. The average Bonchev–Trinajstić information content (AvgIpc) is 2.88. The molecule has 0 aliphatic carbocycles. The van der Waals surface area contributed by atoms with Crippen molar-refractivity contribution >= 4 is 6.29 Å². The molecule has 0 saturated carbocycles. The second-order valence-corrected chi connectivity index (χ2v) is 6.91. The van der Waals surface area contributed by atoms with Gasteiger partial charge in [-0.2, -0.15) is 0 Å². The number of carbonyl (C=O) groups excluding carboxylic acids is 1. The van der Waals surface area contributed by atoms with Crippen LogP contribution in [0.1, 0.15) is 38.7 Å². The Kier molecular flexibility index (Phi) is 5.66. The molecule has 2 heterocycles. The van der Waals surface area contributed by atoms with Gasteiger partial charge in [0.05, 0.1) is 18.8 Å². The molecule has 5 heteroatoms. The molecule has 0 spiro atoms. The van der Waals surface area contributed by atoms with Crippen LogP contribution in [0.2, 0.25) is 0 Å². The molecule has 2 saturated heterocycles. The van der Waals surface area contributed by atoms with Gasteiger partial charge in [0.25, 0.3) is 0 Å². The van der Waals surface area contributed by atoms with E-state index in [0.29, 0.717) is 13.2 Å². The zero-order chi connectivity index (χ0) is 17.0. The maximum atomic E-state index is 11.3. The molecule has 5 nitrogen and oxygen atoms in total. The van der Waals surface area contributed by atoms with Gasteiger partial charge in [-0.25, -0.2) is 0 Å². The minimum Gasteiger partial charge on any atom is -0.377 e. The van der Waals surface area contributed by atoms with Crippen LogP contribution in [0.25, 0.3) is 0 Å². The average molecular weight is 334 g/mol. The Morgan fingerprint density at radius 1 is 1.25 bits per heavy atom. The SMILES string of the molecule is CC1(C)O[C@H]2[C@H](C[C@@H](CCCOCc3ccccc3)O[C@@H]2C=O)O1. The summed E-state index contributed by atoms with van der Waals surface area (Å²) in [6.07, 6.45) is 2.45. The van der Waals surface area contributed by atoms with E-state index in [1.165, 1.54) is 5.56 Å². The molecule has 1 aromatic carbocycles. The molecule has 0 aromatic heterocycles. The fourth-order valence-corrected chi connectivity index (χ4v) is 3.41. The summed E-state index contributed by atoms with van der Waals surface area (Å²) in [5.74, 6) is -0.645. The zero-order valence-corrected chi connectivity index (χ0v) is 14.4. The highest BCUT2D eigenvalue weighted by atomic mass is 16.8. The first kappa shape index (κ1) is 17.5. The van der Waals surface area contributed by atoms with E-state index in [1.54, 1.807) is 0 Å². The molecule has 24 heavy (non-hydrogen) atoms. The quantitative estimate of drug-likeness (QED) is 0.567. The van der Waals surface area contributed by atoms with Gasteiger partial charge in [0.15, 0.2) is 12.1 Å². The summed E-state index contributed by atoms with van der Waals surface area (Å²) >= 11 is 0. The van der Waals surface area contributed by atoms with E-state index in [2.05, 4.69) is 12.1 Å². The van der Waals surface area contributed by atoms with Crippen molar-refractivity contribution in [1.82, 2.24) is 0 Å². The van der Waals surface area contributed by atoms with Gasteiger partial charge < -0.3 is 23.7 Å². The summed E-state index contributed by atoms with van der Waals surface area (Å²) in [5, 5.41) is 0. The monoisotopic (exact) mass is 334 g/mol. The van der Waals surface area contributed by atoms with Gasteiger partial charge in [-0.05, 0) is 32.3 Å². The summed E-state index contributed by atoms with van der Waals surface area (Å²) < 4.78 is 23.3. The topological polar surface area (TPSA) is 54.0 Å². The normalized spacial score (nSPS) is 31.6. The fourth-order valence-electron chi connectivity index (χ4n) is 3.41. The van der Waals surface area contributed by atoms with Crippen molar-refractivity contribution < 1.29 is 23.7 Å². The van der Waals surface area contributed by atoms with Crippen LogP contribution in [-0.2, 0) is 30.3 Å². The van der Waals surface area contributed by atoms with Gasteiger partial charge in [0, 0.05) is 13.0 Å². The van der Waals surface area contributed by atoms with E-state index in [9.17, 15) is 4.79 Å². The van der Waals surface area contributed by atoms with Crippen molar-refractivity contribution in [3.05, 3.63) is 35.9 Å². The van der Waals surface area contributed by atoms with E-state index >= 15 is 0 Å². The van der Waals surface area contributed by atoms with Crippen molar-refractivity contribution in [2.45, 2.75) is 69.9 Å². The molecular formula is C19H26O5. The van der Waals surface area contributed by atoms with Crippen LogP contribution in [0.3, 0.4) is 0 Å². The Balaban J connectivity index is 1.40. The lowest BCUT2D eigenvalue weighted by molar-refractivity contribution is -0.162. The van der Waals surface area contributed by atoms with Gasteiger partial charge >= 0.3 is 0 Å².